The molecule has 0 aliphatic heterocycles. The van der Waals surface area contributed by atoms with Gasteiger partial charge in [0, 0.05) is 13.1 Å². The van der Waals surface area contributed by atoms with Crippen molar-refractivity contribution in [3.63, 3.8) is 0 Å². The molecule has 86 valence electrons. The molecule has 0 aromatic rings. The van der Waals surface area contributed by atoms with Crippen molar-refractivity contribution in [2.45, 2.75) is 19.9 Å². The lowest BCUT2D eigenvalue weighted by atomic mass is 10.3. The van der Waals surface area contributed by atoms with Crippen LogP contribution in [0.3, 0.4) is 0 Å². The molecule has 0 fully saturated rings. The van der Waals surface area contributed by atoms with Gasteiger partial charge in [-0.3, -0.25) is 19.8 Å². The molecular formula is C8H16N4O3. The van der Waals surface area contributed by atoms with Crippen molar-refractivity contribution in [1.82, 2.24) is 15.6 Å². The maximum atomic E-state index is 11.2. The van der Waals surface area contributed by atoms with Crippen molar-refractivity contribution in [1.29, 1.82) is 0 Å². The van der Waals surface area contributed by atoms with E-state index in [9.17, 15) is 14.4 Å². The molecule has 0 unspecified atom stereocenters. The van der Waals surface area contributed by atoms with Crippen molar-refractivity contribution in [2.24, 2.45) is 5.84 Å². The van der Waals surface area contributed by atoms with E-state index in [4.69, 9.17) is 5.84 Å². The number of carbonyl (C=O) groups is 3. The minimum atomic E-state index is -0.949. The minimum absolute atomic E-state index is 0.00987. The number of hydrogen-bond donors (Lipinski definition) is 3. The fourth-order valence-electron chi connectivity index (χ4n) is 0.890. The second-order valence-corrected chi connectivity index (χ2v) is 3.36. The average Bonchev–Trinajstić information content (AvgIpc) is 2.13. The molecule has 0 heterocycles. The predicted molar refractivity (Wildman–Crippen MR) is 53.2 cm³/mol. The summed E-state index contributed by atoms with van der Waals surface area (Å²) in [6.45, 7) is 3.42. The maximum Gasteiger partial charge on any atom is 0.323 e. The fourth-order valence-corrected chi connectivity index (χ4v) is 0.890. The molecular weight excluding hydrogens is 200 g/mol. The summed E-state index contributed by atoms with van der Waals surface area (Å²) >= 11 is 0. The lowest BCUT2D eigenvalue weighted by Gasteiger charge is -2.16. The molecule has 3 amide bonds. The lowest BCUT2D eigenvalue weighted by Crippen LogP contribution is -2.47. The Labute approximate surface area is 87.9 Å². The van der Waals surface area contributed by atoms with E-state index in [1.807, 2.05) is 0 Å². The van der Waals surface area contributed by atoms with E-state index >= 15 is 0 Å². The van der Waals surface area contributed by atoms with Crippen LogP contribution in [0.1, 0.15) is 13.8 Å². The maximum absolute atomic E-state index is 11.2. The Bertz CT molecular complexity index is 265. The van der Waals surface area contributed by atoms with Crippen LogP contribution in [0.4, 0.5) is 0 Å². The summed E-state index contributed by atoms with van der Waals surface area (Å²) in [5.41, 5.74) is 1.70. The normalized spacial score (nSPS) is 9.67. The molecule has 0 atom stereocenters. The zero-order valence-corrected chi connectivity index (χ0v) is 9.03. The van der Waals surface area contributed by atoms with Gasteiger partial charge in [0.25, 0.3) is 0 Å². The van der Waals surface area contributed by atoms with E-state index < -0.39 is 11.8 Å². The molecule has 0 rings (SSSR count). The number of hydrogen-bond acceptors (Lipinski definition) is 4. The smallest absolute Gasteiger partial charge is 0.323 e. The molecule has 7 heteroatoms. The number of nitrogens with two attached hydrogens (primary N) is 1. The van der Waals surface area contributed by atoms with E-state index in [2.05, 4.69) is 5.32 Å². The SMILES string of the molecule is CC(C)NC(=O)CN(C)C(=O)C(=O)NN. The van der Waals surface area contributed by atoms with Crippen LogP contribution in [-0.4, -0.2) is 42.3 Å². The molecule has 0 saturated carbocycles. The first kappa shape index (κ1) is 13.4. The Balaban J connectivity index is 4.13. The highest BCUT2D eigenvalue weighted by Gasteiger charge is 2.19. The average molecular weight is 216 g/mol. The van der Waals surface area contributed by atoms with Crippen LogP contribution in [0.5, 0.6) is 0 Å². The highest BCUT2D eigenvalue weighted by Crippen LogP contribution is 1.86. The number of amides is 3. The molecule has 0 saturated heterocycles. The van der Waals surface area contributed by atoms with Crippen molar-refractivity contribution < 1.29 is 14.4 Å². The summed E-state index contributed by atoms with van der Waals surface area (Å²) in [4.78, 5) is 34.1. The van der Waals surface area contributed by atoms with Crippen LogP contribution in [0.25, 0.3) is 0 Å². The molecule has 0 bridgehead atoms. The minimum Gasteiger partial charge on any atom is -0.352 e. The lowest BCUT2D eigenvalue weighted by molar-refractivity contribution is -0.146. The zero-order chi connectivity index (χ0) is 12.0. The quantitative estimate of drug-likeness (QED) is 0.219. The van der Waals surface area contributed by atoms with Crippen LogP contribution in [0.2, 0.25) is 0 Å². The summed E-state index contributed by atoms with van der Waals surface area (Å²) in [5.74, 6) is 2.65. The second-order valence-electron chi connectivity index (χ2n) is 3.36. The van der Waals surface area contributed by atoms with E-state index in [1.54, 1.807) is 19.3 Å². The van der Waals surface area contributed by atoms with E-state index in [-0.39, 0.29) is 18.5 Å². The van der Waals surface area contributed by atoms with Gasteiger partial charge in [0.2, 0.25) is 5.91 Å². The number of carbonyl (C=O) groups excluding carboxylic acids is 3. The first-order valence-electron chi connectivity index (χ1n) is 4.44. The van der Waals surface area contributed by atoms with Crippen molar-refractivity contribution in [3.05, 3.63) is 0 Å². The molecule has 0 spiro atoms. The molecule has 0 radical (unpaired) electrons. The van der Waals surface area contributed by atoms with Crippen LogP contribution < -0.4 is 16.6 Å². The first-order valence-corrected chi connectivity index (χ1v) is 4.44. The Hall–Kier alpha value is -1.63. The zero-order valence-electron chi connectivity index (χ0n) is 9.03. The van der Waals surface area contributed by atoms with Crippen LogP contribution in [-0.2, 0) is 14.4 Å². The summed E-state index contributed by atoms with van der Waals surface area (Å²) in [6, 6.07) is -0.00987. The van der Waals surface area contributed by atoms with Gasteiger partial charge in [0.1, 0.15) is 0 Å². The second kappa shape index (κ2) is 5.97. The van der Waals surface area contributed by atoms with Crippen molar-refractivity contribution >= 4 is 17.7 Å². The van der Waals surface area contributed by atoms with Crippen molar-refractivity contribution in [2.75, 3.05) is 13.6 Å². The number of likely N-dealkylation sites (N-methyl/N-ethyl adjacent to an activating group) is 1. The molecule has 0 aliphatic carbocycles. The van der Waals surface area contributed by atoms with E-state index in [0.717, 1.165) is 4.90 Å². The highest BCUT2D eigenvalue weighted by atomic mass is 16.2. The summed E-state index contributed by atoms with van der Waals surface area (Å²) in [6.07, 6.45) is 0. The Morgan fingerprint density at radius 1 is 1.33 bits per heavy atom. The molecule has 15 heavy (non-hydrogen) atoms. The summed E-state index contributed by atoms with van der Waals surface area (Å²) < 4.78 is 0. The summed E-state index contributed by atoms with van der Waals surface area (Å²) in [5, 5.41) is 2.59. The van der Waals surface area contributed by atoms with Crippen LogP contribution in [0.15, 0.2) is 0 Å². The Kier molecular flexibility index (Phi) is 5.32. The fraction of sp³-hybridized carbons (Fsp3) is 0.625. The van der Waals surface area contributed by atoms with Gasteiger partial charge in [-0.15, -0.1) is 0 Å². The molecule has 0 aliphatic rings. The van der Waals surface area contributed by atoms with E-state index in [1.165, 1.54) is 7.05 Å². The first-order chi connectivity index (χ1) is 6.88. The van der Waals surface area contributed by atoms with Gasteiger partial charge < -0.3 is 10.2 Å². The third-order valence-corrected chi connectivity index (χ3v) is 1.50. The molecule has 4 N–H and O–H groups in total. The third kappa shape index (κ3) is 4.96. The van der Waals surface area contributed by atoms with Crippen LogP contribution >= 0.6 is 0 Å². The van der Waals surface area contributed by atoms with Gasteiger partial charge in [-0.05, 0) is 13.8 Å². The standard InChI is InChI=1S/C8H16N4O3/c1-5(2)10-6(13)4-12(3)8(15)7(14)11-9/h5H,4,9H2,1-3H3,(H,10,13)(H,11,14). The van der Waals surface area contributed by atoms with Crippen LogP contribution in [0, 0.1) is 0 Å². The monoisotopic (exact) mass is 216 g/mol. The largest absolute Gasteiger partial charge is 0.352 e. The number of hydrazine groups is 1. The number of nitrogens with zero attached hydrogens (tertiary/aromatic N) is 1. The number of rotatable bonds is 3. The third-order valence-electron chi connectivity index (χ3n) is 1.50. The summed E-state index contributed by atoms with van der Waals surface area (Å²) in [7, 11) is 1.34. The van der Waals surface area contributed by atoms with E-state index in [0.29, 0.717) is 0 Å². The number of nitrogens with one attached hydrogen (secondary N) is 2. The van der Waals surface area contributed by atoms with Gasteiger partial charge in [-0.2, -0.15) is 0 Å². The Morgan fingerprint density at radius 2 is 1.87 bits per heavy atom. The van der Waals surface area contributed by atoms with Crippen molar-refractivity contribution in [3.8, 4) is 0 Å². The molecule has 7 nitrogen and oxygen atoms in total. The van der Waals surface area contributed by atoms with Gasteiger partial charge >= 0.3 is 11.8 Å². The predicted octanol–water partition coefficient (Wildman–Crippen LogP) is -2.04. The van der Waals surface area contributed by atoms with Gasteiger partial charge in [0.05, 0.1) is 6.54 Å². The highest BCUT2D eigenvalue weighted by molar-refractivity contribution is 6.35. The van der Waals surface area contributed by atoms with Gasteiger partial charge in [0.15, 0.2) is 0 Å². The topological polar surface area (TPSA) is 105 Å². The molecule has 0 aromatic heterocycles. The van der Waals surface area contributed by atoms with Gasteiger partial charge in [-0.25, -0.2) is 5.84 Å². The van der Waals surface area contributed by atoms with Gasteiger partial charge in [-0.1, -0.05) is 0 Å². The molecule has 0 aromatic carbocycles. The Morgan fingerprint density at radius 3 is 2.27 bits per heavy atom.